The van der Waals surface area contributed by atoms with Gasteiger partial charge in [-0.25, -0.2) is 28.7 Å². The topological polar surface area (TPSA) is 125 Å². The van der Waals surface area contributed by atoms with E-state index in [2.05, 4.69) is 25.4 Å². The lowest BCUT2D eigenvalue weighted by molar-refractivity contribution is -0.0471. The molecule has 4 heterocycles. The minimum Gasteiger partial charge on any atom is -0.347 e. The number of rotatable bonds is 6. The molecule has 1 N–H and O–H groups in total. The van der Waals surface area contributed by atoms with Gasteiger partial charge < -0.3 is 5.32 Å². The number of aromatic nitrogens is 4. The number of sulfonamides is 1. The predicted octanol–water partition coefficient (Wildman–Crippen LogP) is 2.32. The van der Waals surface area contributed by atoms with Crippen LogP contribution in [0.4, 0.5) is 23.4 Å². The lowest BCUT2D eigenvalue weighted by Gasteiger charge is -2.29. The second-order valence-corrected chi connectivity index (χ2v) is 9.77. The van der Waals surface area contributed by atoms with Gasteiger partial charge in [0.05, 0.1) is 30.0 Å². The Morgan fingerprint density at radius 2 is 1.97 bits per heavy atom. The molecule has 0 saturated carbocycles. The van der Waals surface area contributed by atoms with Crippen molar-refractivity contribution >= 4 is 45.5 Å². The summed E-state index contributed by atoms with van der Waals surface area (Å²) < 4.78 is 77.1. The Labute approximate surface area is 206 Å². The summed E-state index contributed by atoms with van der Waals surface area (Å²) in [5.41, 5.74) is -4.48. The first-order chi connectivity index (χ1) is 16.9. The van der Waals surface area contributed by atoms with Gasteiger partial charge in [-0.1, -0.05) is 18.5 Å². The van der Waals surface area contributed by atoms with Crippen molar-refractivity contribution in [3.63, 3.8) is 0 Å². The number of amides is 1. The summed E-state index contributed by atoms with van der Waals surface area (Å²) in [5.74, 6) is -1.39. The number of nitrogens with zero attached hydrogens (tertiary/aromatic N) is 7. The second kappa shape index (κ2) is 9.50. The number of anilines is 1. The van der Waals surface area contributed by atoms with Gasteiger partial charge in [-0.15, -0.1) is 0 Å². The SMILES string of the molecule is CCc1nc2ncc(Cl)cn2c1C(=O)NCc1cnc(N2CCN(S(=O)(=O)C(F)(F)F)C=N2)c(F)c1. The van der Waals surface area contributed by atoms with Crippen LogP contribution in [0, 0.1) is 5.82 Å². The molecule has 0 bridgehead atoms. The Kier molecular flexibility index (Phi) is 6.74. The van der Waals surface area contributed by atoms with Gasteiger partial charge in [0.15, 0.2) is 11.6 Å². The molecule has 0 spiro atoms. The van der Waals surface area contributed by atoms with Crippen molar-refractivity contribution < 1.29 is 30.8 Å². The van der Waals surface area contributed by atoms with E-state index in [1.807, 2.05) is 6.92 Å². The third-order valence-electron chi connectivity index (χ3n) is 5.10. The van der Waals surface area contributed by atoms with Crippen LogP contribution >= 0.6 is 11.6 Å². The van der Waals surface area contributed by atoms with E-state index in [9.17, 15) is 30.8 Å². The molecule has 1 aliphatic rings. The third kappa shape index (κ3) is 4.77. The lowest BCUT2D eigenvalue weighted by atomic mass is 10.2. The quantitative estimate of drug-likeness (QED) is 0.469. The molecule has 0 fully saturated rings. The molecule has 0 saturated heterocycles. The summed E-state index contributed by atoms with van der Waals surface area (Å²) in [7, 11) is -5.59. The lowest BCUT2D eigenvalue weighted by Crippen LogP contribution is -2.46. The predicted molar refractivity (Wildman–Crippen MR) is 120 cm³/mol. The highest BCUT2D eigenvalue weighted by atomic mass is 35.5. The second-order valence-electron chi connectivity index (χ2n) is 7.45. The summed E-state index contributed by atoms with van der Waals surface area (Å²) in [4.78, 5) is 25.1. The van der Waals surface area contributed by atoms with Crippen molar-refractivity contribution in [2.24, 2.45) is 5.10 Å². The number of hydrogen-bond acceptors (Lipinski definition) is 8. The van der Waals surface area contributed by atoms with Crippen LogP contribution in [0.2, 0.25) is 5.02 Å². The third-order valence-corrected chi connectivity index (χ3v) is 6.77. The molecule has 192 valence electrons. The molecule has 0 aromatic carbocycles. The van der Waals surface area contributed by atoms with Crippen LogP contribution in [0.15, 0.2) is 29.8 Å². The number of nitrogens with one attached hydrogen (secondary N) is 1. The van der Waals surface area contributed by atoms with E-state index in [0.717, 1.165) is 11.1 Å². The summed E-state index contributed by atoms with van der Waals surface area (Å²) in [6.07, 6.45) is 5.05. The van der Waals surface area contributed by atoms with Crippen LogP contribution in [-0.4, -0.2) is 62.9 Å². The fraction of sp³-hybridized carbons (Fsp3) is 0.316. The fourth-order valence-electron chi connectivity index (χ4n) is 3.37. The molecule has 36 heavy (non-hydrogen) atoms. The summed E-state index contributed by atoms with van der Waals surface area (Å²) >= 11 is 5.98. The van der Waals surface area contributed by atoms with Gasteiger partial charge in [0.25, 0.3) is 5.91 Å². The average molecular weight is 549 g/mol. The Balaban J connectivity index is 1.47. The molecule has 0 radical (unpaired) electrons. The maximum atomic E-state index is 14.7. The first kappa shape index (κ1) is 25.6. The molecule has 0 aliphatic carbocycles. The van der Waals surface area contributed by atoms with Gasteiger partial charge in [-0.05, 0) is 18.1 Å². The Hall–Kier alpha value is -3.53. The summed E-state index contributed by atoms with van der Waals surface area (Å²) in [6.45, 7) is 0.742. The molecule has 0 atom stereocenters. The first-order valence-corrected chi connectivity index (χ1v) is 12.1. The molecule has 1 amide bonds. The number of hydrogen-bond donors (Lipinski definition) is 1. The van der Waals surface area contributed by atoms with Crippen molar-refractivity contribution in [1.29, 1.82) is 0 Å². The molecular formula is C19H17ClF4N8O3S. The average Bonchev–Trinajstić information content (AvgIpc) is 3.20. The van der Waals surface area contributed by atoms with Crippen LogP contribution in [0.5, 0.6) is 0 Å². The number of halogens is 5. The van der Waals surface area contributed by atoms with E-state index in [1.54, 1.807) is 0 Å². The van der Waals surface area contributed by atoms with Crippen molar-refractivity contribution in [1.82, 2.24) is 29.0 Å². The van der Waals surface area contributed by atoms with Crippen LogP contribution in [0.25, 0.3) is 5.78 Å². The normalized spacial score (nSPS) is 14.5. The zero-order chi connectivity index (χ0) is 26.3. The highest BCUT2D eigenvalue weighted by molar-refractivity contribution is 7.90. The van der Waals surface area contributed by atoms with Gasteiger partial charge in [-0.3, -0.25) is 9.20 Å². The Morgan fingerprint density at radius 3 is 2.58 bits per heavy atom. The number of carbonyl (C=O) groups is 1. The van der Waals surface area contributed by atoms with Gasteiger partial charge in [0, 0.05) is 18.9 Å². The highest BCUT2D eigenvalue weighted by Gasteiger charge is 2.50. The van der Waals surface area contributed by atoms with Crippen molar-refractivity contribution in [3.05, 3.63) is 52.4 Å². The zero-order valence-electron chi connectivity index (χ0n) is 18.4. The number of alkyl halides is 3. The van der Waals surface area contributed by atoms with Crippen LogP contribution in [0.3, 0.4) is 0 Å². The first-order valence-electron chi connectivity index (χ1n) is 10.3. The van der Waals surface area contributed by atoms with E-state index in [1.165, 1.54) is 23.0 Å². The molecule has 11 nitrogen and oxygen atoms in total. The van der Waals surface area contributed by atoms with E-state index >= 15 is 0 Å². The number of aryl methyl sites for hydroxylation is 1. The number of carbonyl (C=O) groups excluding carboxylic acids is 1. The van der Waals surface area contributed by atoms with Crippen LogP contribution < -0.4 is 10.3 Å². The molecule has 3 aromatic heterocycles. The zero-order valence-corrected chi connectivity index (χ0v) is 19.9. The smallest absolute Gasteiger partial charge is 0.347 e. The maximum absolute atomic E-state index is 14.7. The largest absolute Gasteiger partial charge is 0.516 e. The fourth-order valence-corrected chi connectivity index (χ4v) is 4.27. The minimum absolute atomic E-state index is 0.0265. The molecule has 0 unspecified atom stereocenters. The van der Waals surface area contributed by atoms with Crippen molar-refractivity contribution in [3.8, 4) is 0 Å². The van der Waals surface area contributed by atoms with E-state index < -0.39 is 33.8 Å². The van der Waals surface area contributed by atoms with E-state index in [0.29, 0.717) is 29.3 Å². The van der Waals surface area contributed by atoms with Crippen molar-refractivity contribution in [2.45, 2.75) is 25.4 Å². The molecule has 3 aromatic rings. The molecule has 4 rings (SSSR count). The number of imidazole rings is 1. The molecule has 1 aliphatic heterocycles. The number of fused-ring (bicyclic) bond motifs is 1. The summed E-state index contributed by atoms with van der Waals surface area (Å²) in [6, 6.07) is 1.07. The number of hydrazone groups is 1. The molecular weight excluding hydrogens is 532 g/mol. The van der Waals surface area contributed by atoms with Gasteiger partial charge in [-0.2, -0.15) is 26.7 Å². The van der Waals surface area contributed by atoms with Gasteiger partial charge in [0.2, 0.25) is 5.78 Å². The van der Waals surface area contributed by atoms with E-state index in [4.69, 9.17) is 11.6 Å². The molecule has 17 heteroatoms. The number of pyridine rings is 1. The standard InChI is InChI=1S/C19H17ClF4N8O3S/c1-2-14-15(31-9-12(20)8-27-18(31)29-14)17(33)26-7-11-5-13(21)16(25-6-11)32-4-3-30(10-28-32)36(34,35)19(22,23)24/h5-6,8-10H,2-4,7H2,1H3,(H,26,33). The Bertz CT molecular complexity index is 1460. The summed E-state index contributed by atoms with van der Waals surface area (Å²) in [5, 5.41) is 7.46. The maximum Gasteiger partial charge on any atom is 0.516 e. The monoisotopic (exact) mass is 548 g/mol. The van der Waals surface area contributed by atoms with Crippen molar-refractivity contribution in [2.75, 3.05) is 18.1 Å². The van der Waals surface area contributed by atoms with Crippen LogP contribution in [0.1, 0.15) is 28.7 Å². The van der Waals surface area contributed by atoms with Gasteiger partial charge >= 0.3 is 15.5 Å². The van der Waals surface area contributed by atoms with E-state index in [-0.39, 0.29) is 34.5 Å². The Morgan fingerprint density at radius 1 is 1.22 bits per heavy atom. The highest BCUT2D eigenvalue weighted by Crippen LogP contribution is 2.28. The minimum atomic E-state index is -5.59. The van der Waals surface area contributed by atoms with Gasteiger partial charge in [0.1, 0.15) is 12.0 Å². The van der Waals surface area contributed by atoms with Crippen LogP contribution in [-0.2, 0) is 23.0 Å².